The van der Waals surface area contributed by atoms with Gasteiger partial charge in [-0.15, -0.1) is 0 Å². The van der Waals surface area contributed by atoms with E-state index in [2.05, 4.69) is 55.0 Å². The Morgan fingerprint density at radius 1 is 1.21 bits per heavy atom. The van der Waals surface area contributed by atoms with Gasteiger partial charge >= 0.3 is 0 Å². The smallest absolute Gasteiger partial charge is 0.126 e. The van der Waals surface area contributed by atoms with E-state index in [-0.39, 0.29) is 9.20 Å². The molecule has 1 fully saturated rings. The highest BCUT2D eigenvalue weighted by Gasteiger charge is 2.43. The molecule has 6 heteroatoms. The average molecular weight is 248 g/mol. The van der Waals surface area contributed by atoms with E-state index < -0.39 is 15.6 Å². The minimum Gasteiger partial charge on any atom is -0.261 e. The Bertz CT molecular complexity index is 200. The first-order valence-corrected chi connectivity index (χ1v) is 15.5. The normalized spacial score (nSPS) is 32.6. The fourth-order valence-electron chi connectivity index (χ4n) is 2.14. The van der Waals surface area contributed by atoms with Gasteiger partial charge < -0.3 is 0 Å². The van der Waals surface area contributed by atoms with Gasteiger partial charge in [-0.3, -0.25) is 9.35 Å². The Morgan fingerprint density at radius 3 is 2.21 bits per heavy atom. The van der Waals surface area contributed by atoms with Crippen molar-refractivity contribution in [2.45, 2.75) is 33.5 Å². The molecule has 0 aromatic heterocycles. The molecule has 0 aromatic carbocycles. The lowest BCUT2D eigenvalue weighted by atomic mass is 10.7. The minimum absolute atomic E-state index is 0.0706. The van der Waals surface area contributed by atoms with Crippen LogP contribution in [0, 0.1) is 0 Å². The molecule has 0 bridgehead atoms. The third kappa shape index (κ3) is 2.05. The van der Waals surface area contributed by atoms with E-state index in [0.29, 0.717) is 0 Å². The van der Waals surface area contributed by atoms with Crippen molar-refractivity contribution in [1.29, 1.82) is 0 Å². The summed E-state index contributed by atoms with van der Waals surface area (Å²) in [7, 11) is 0.963. The molecule has 0 N–H and O–H groups in total. The maximum Gasteiger partial charge on any atom is 0.126 e. The van der Waals surface area contributed by atoms with Gasteiger partial charge in [0.05, 0.1) is 7.83 Å². The highest BCUT2D eigenvalue weighted by Crippen LogP contribution is 2.20. The maximum absolute atomic E-state index is 2.66. The summed E-state index contributed by atoms with van der Waals surface area (Å²) in [6, 6.07) is 0. The second kappa shape index (κ2) is 4.58. The Kier molecular flexibility index (Phi) is 4.12. The lowest BCUT2D eigenvalue weighted by molar-refractivity contribution is -0.0714. The lowest BCUT2D eigenvalue weighted by Gasteiger charge is -2.54. The topological polar surface area (TPSA) is 9.72 Å². The molecule has 3 nitrogen and oxygen atoms in total. The van der Waals surface area contributed by atoms with Crippen molar-refractivity contribution in [3.05, 3.63) is 0 Å². The van der Waals surface area contributed by atoms with Crippen LogP contribution in [0.1, 0.15) is 13.8 Å². The standard InChI is InChI=1S/C8H25N3Si3/c1-7-10-9(3)14(5,6)13(4)12-11(10)8-2/h13H,7-8,12H2,1-6H3. The molecule has 1 heterocycles. The van der Waals surface area contributed by atoms with Gasteiger partial charge in [0.2, 0.25) is 0 Å². The molecular formula is C8H25N3Si3. The fraction of sp³-hybridized carbons (Fsp3) is 1.00. The van der Waals surface area contributed by atoms with Crippen LogP contribution in [-0.2, 0) is 0 Å². The summed E-state index contributed by atoms with van der Waals surface area (Å²) in [5.74, 6) is 0. The number of nitrogens with zero attached hydrogens (tertiary/aromatic N) is 3. The molecule has 1 rings (SSSR count). The fourth-order valence-corrected chi connectivity index (χ4v) is 20.9. The third-order valence-electron chi connectivity index (χ3n) is 3.85. The Labute approximate surface area is 93.2 Å². The predicted molar refractivity (Wildman–Crippen MR) is 71.6 cm³/mol. The van der Waals surface area contributed by atoms with Crippen molar-refractivity contribution in [2.75, 3.05) is 20.1 Å². The second-order valence-electron chi connectivity index (χ2n) is 4.77. The number of hydrogen-bond acceptors (Lipinski definition) is 3. The number of rotatable bonds is 2. The summed E-state index contributed by atoms with van der Waals surface area (Å²) in [6.45, 7) is 14.7. The molecule has 1 atom stereocenters. The van der Waals surface area contributed by atoms with E-state index in [9.17, 15) is 0 Å². The van der Waals surface area contributed by atoms with Crippen molar-refractivity contribution in [1.82, 2.24) is 14.5 Å². The van der Waals surface area contributed by atoms with Gasteiger partial charge in [0.25, 0.3) is 0 Å². The number of hydrogen-bond donors (Lipinski definition) is 0. The molecular weight excluding hydrogens is 222 g/mol. The molecule has 0 aliphatic carbocycles. The highest BCUT2D eigenvalue weighted by atomic mass is 29.6. The molecule has 0 saturated carbocycles. The first-order chi connectivity index (χ1) is 6.45. The van der Waals surface area contributed by atoms with Crippen LogP contribution in [0.4, 0.5) is 0 Å². The van der Waals surface area contributed by atoms with Crippen molar-refractivity contribution < 1.29 is 0 Å². The van der Waals surface area contributed by atoms with Gasteiger partial charge in [-0.25, -0.2) is 0 Å². The quantitative estimate of drug-likeness (QED) is 0.642. The van der Waals surface area contributed by atoms with Gasteiger partial charge in [0.1, 0.15) is 17.0 Å². The van der Waals surface area contributed by atoms with Gasteiger partial charge in [-0.1, -0.05) is 26.6 Å². The van der Waals surface area contributed by atoms with Crippen LogP contribution in [0.15, 0.2) is 0 Å². The Morgan fingerprint density at radius 2 is 1.79 bits per heavy atom. The maximum atomic E-state index is 2.66. The Hall–Kier alpha value is 0.531. The van der Waals surface area contributed by atoms with E-state index in [1.165, 1.54) is 6.54 Å². The van der Waals surface area contributed by atoms with Crippen molar-refractivity contribution in [3.63, 3.8) is 0 Å². The summed E-state index contributed by atoms with van der Waals surface area (Å²) in [5.41, 5.74) is 0. The molecule has 0 radical (unpaired) electrons. The van der Waals surface area contributed by atoms with E-state index in [0.717, 1.165) is 6.54 Å². The highest BCUT2D eigenvalue weighted by molar-refractivity contribution is 7.50. The lowest BCUT2D eigenvalue weighted by Crippen LogP contribution is -2.76. The largest absolute Gasteiger partial charge is 0.261 e. The molecule has 0 spiro atoms. The summed E-state index contributed by atoms with van der Waals surface area (Å²) in [5, 5.41) is 2.52. The van der Waals surface area contributed by atoms with Gasteiger partial charge in [0, 0.05) is 13.1 Å². The van der Waals surface area contributed by atoms with Crippen LogP contribution in [0.25, 0.3) is 0 Å². The second-order valence-corrected chi connectivity index (χ2v) is 26.0. The predicted octanol–water partition coefficient (Wildman–Crippen LogP) is 0.127. The van der Waals surface area contributed by atoms with Gasteiger partial charge in [-0.05, 0) is 14.0 Å². The summed E-state index contributed by atoms with van der Waals surface area (Å²) in [6.07, 6.45) is 0. The van der Waals surface area contributed by atoms with E-state index in [1.54, 1.807) is 0 Å². The Balaban J connectivity index is 2.84. The van der Waals surface area contributed by atoms with Crippen molar-refractivity contribution in [2.24, 2.45) is 0 Å². The van der Waals surface area contributed by atoms with Crippen LogP contribution in [0.3, 0.4) is 0 Å². The van der Waals surface area contributed by atoms with E-state index in [4.69, 9.17) is 0 Å². The van der Waals surface area contributed by atoms with Gasteiger partial charge in [-0.2, -0.15) is 5.12 Å². The van der Waals surface area contributed by atoms with Crippen molar-refractivity contribution >= 4 is 24.8 Å². The van der Waals surface area contributed by atoms with Crippen LogP contribution in [-0.4, -0.2) is 59.4 Å². The van der Waals surface area contributed by atoms with E-state index in [1.807, 2.05) is 0 Å². The first kappa shape index (κ1) is 12.6. The molecule has 1 aliphatic heterocycles. The molecule has 14 heavy (non-hydrogen) atoms. The minimum atomic E-state index is -1.02. The number of hydrazine groups is 2. The van der Waals surface area contributed by atoms with Crippen molar-refractivity contribution in [3.8, 4) is 0 Å². The summed E-state index contributed by atoms with van der Waals surface area (Å²) < 4.78 is 5.28. The van der Waals surface area contributed by atoms with E-state index >= 15 is 0 Å². The van der Waals surface area contributed by atoms with Gasteiger partial charge in [0.15, 0.2) is 0 Å². The molecule has 0 amide bonds. The third-order valence-corrected chi connectivity index (χ3v) is 31.8. The van der Waals surface area contributed by atoms with Crippen LogP contribution in [0.5, 0.6) is 0 Å². The van der Waals surface area contributed by atoms with Crippen LogP contribution < -0.4 is 0 Å². The molecule has 84 valence electrons. The summed E-state index contributed by atoms with van der Waals surface area (Å²) in [4.78, 5) is 0. The molecule has 1 aliphatic rings. The SMILES string of the molecule is CCN1[SiH2][SiH](C)[Si](C)(C)N(C)N1CC. The monoisotopic (exact) mass is 247 g/mol. The zero-order chi connectivity index (χ0) is 10.9. The summed E-state index contributed by atoms with van der Waals surface area (Å²) >= 11 is 0. The average Bonchev–Trinajstić information content (AvgIpc) is 2.14. The molecule has 1 saturated heterocycles. The molecule has 0 aromatic rings. The van der Waals surface area contributed by atoms with Crippen LogP contribution >= 0.6 is 0 Å². The first-order valence-electron chi connectivity index (χ1n) is 5.71. The zero-order valence-electron chi connectivity index (χ0n) is 10.5. The van der Waals surface area contributed by atoms with Crippen LogP contribution in [0.2, 0.25) is 19.6 Å². The zero-order valence-corrected chi connectivity index (χ0v) is 14.1. The molecule has 1 unspecified atom stereocenters.